The van der Waals surface area contributed by atoms with E-state index in [1.165, 1.54) is 7.11 Å². The summed E-state index contributed by atoms with van der Waals surface area (Å²) in [7, 11) is 3.22. The van der Waals surface area contributed by atoms with Gasteiger partial charge in [-0.25, -0.2) is 4.79 Å². The molecule has 0 aromatic carbocycles. The Morgan fingerprint density at radius 1 is 1.56 bits per heavy atom. The molecule has 88 valence electrons. The van der Waals surface area contributed by atoms with Crippen LogP contribution in [0.4, 0.5) is 0 Å². The molecular weight excluding hydrogens is 206 g/mol. The summed E-state index contributed by atoms with van der Waals surface area (Å²) in [6, 6.07) is 3.62. The van der Waals surface area contributed by atoms with Gasteiger partial charge >= 0.3 is 5.97 Å². The van der Waals surface area contributed by atoms with Crippen molar-refractivity contribution in [2.45, 2.75) is 19.9 Å². The van der Waals surface area contributed by atoms with Gasteiger partial charge in [-0.2, -0.15) is 0 Å². The van der Waals surface area contributed by atoms with Crippen LogP contribution < -0.4 is 5.32 Å². The maximum atomic E-state index is 11.2. The highest BCUT2D eigenvalue weighted by molar-refractivity contribution is 5.86. The minimum atomic E-state index is -0.459. The van der Waals surface area contributed by atoms with E-state index in [1.807, 2.05) is 20.0 Å². The number of likely N-dealkylation sites (N-methyl/N-ethyl adjacent to an activating group) is 1. The summed E-state index contributed by atoms with van der Waals surface area (Å²) in [6.45, 7) is 4.05. The first-order valence-corrected chi connectivity index (χ1v) is 5.12. The van der Waals surface area contributed by atoms with Crippen molar-refractivity contribution in [3.05, 3.63) is 29.2 Å². The molecule has 0 aliphatic carbocycles. The molecule has 0 aliphatic rings. The second kappa shape index (κ2) is 5.51. The predicted molar refractivity (Wildman–Crippen MR) is 62.2 cm³/mol. The van der Waals surface area contributed by atoms with E-state index in [9.17, 15) is 4.79 Å². The fourth-order valence-electron chi connectivity index (χ4n) is 1.22. The van der Waals surface area contributed by atoms with E-state index in [0.29, 0.717) is 5.76 Å². The number of rotatable bonds is 4. The second-order valence-corrected chi connectivity index (χ2v) is 3.59. The van der Waals surface area contributed by atoms with Crippen LogP contribution in [0.2, 0.25) is 0 Å². The topological polar surface area (TPSA) is 51.5 Å². The van der Waals surface area contributed by atoms with Gasteiger partial charge < -0.3 is 14.5 Å². The minimum absolute atomic E-state index is 0.221. The fraction of sp³-hybridized carbons (Fsp3) is 0.417. The van der Waals surface area contributed by atoms with E-state index in [2.05, 4.69) is 17.0 Å². The molecule has 0 bridgehead atoms. The van der Waals surface area contributed by atoms with E-state index in [0.717, 1.165) is 5.57 Å². The molecular formula is C12H17NO3. The molecule has 0 amide bonds. The molecule has 1 rings (SSSR count). The Morgan fingerprint density at radius 3 is 2.81 bits per heavy atom. The molecule has 1 N–H and O–H groups in total. The van der Waals surface area contributed by atoms with E-state index in [4.69, 9.17) is 4.42 Å². The molecule has 0 radical (unpaired) electrons. The molecule has 1 aromatic rings. The smallest absolute Gasteiger partial charge is 0.373 e. The van der Waals surface area contributed by atoms with Gasteiger partial charge in [-0.15, -0.1) is 0 Å². The molecule has 16 heavy (non-hydrogen) atoms. The Labute approximate surface area is 95.3 Å². The maximum Gasteiger partial charge on any atom is 0.373 e. The predicted octanol–water partition coefficient (Wildman–Crippen LogP) is 2.08. The van der Waals surface area contributed by atoms with Gasteiger partial charge in [-0.3, -0.25) is 0 Å². The van der Waals surface area contributed by atoms with Crippen LogP contribution in [0, 0.1) is 0 Å². The van der Waals surface area contributed by atoms with Crippen LogP contribution in [-0.2, 0) is 4.74 Å². The van der Waals surface area contributed by atoms with Crippen LogP contribution in [0.1, 0.15) is 30.2 Å². The van der Waals surface area contributed by atoms with Gasteiger partial charge in [0, 0.05) is 6.04 Å². The molecule has 1 atom stereocenters. The summed E-state index contributed by atoms with van der Waals surface area (Å²) >= 11 is 0. The lowest BCUT2D eigenvalue weighted by Crippen LogP contribution is -2.21. The van der Waals surface area contributed by atoms with Gasteiger partial charge in [-0.05, 0) is 39.1 Å². The number of nitrogens with one attached hydrogen (secondary N) is 1. The number of ether oxygens (including phenoxy) is 1. The average Bonchev–Trinajstić information content (AvgIpc) is 2.75. The molecule has 0 saturated heterocycles. The lowest BCUT2D eigenvalue weighted by molar-refractivity contribution is 0.0564. The zero-order valence-corrected chi connectivity index (χ0v) is 10.0. The number of hydrogen-bond acceptors (Lipinski definition) is 4. The van der Waals surface area contributed by atoms with Crippen molar-refractivity contribution < 1.29 is 13.9 Å². The zero-order valence-electron chi connectivity index (χ0n) is 10.0. The van der Waals surface area contributed by atoms with Crippen molar-refractivity contribution >= 4 is 12.0 Å². The summed E-state index contributed by atoms with van der Waals surface area (Å²) < 4.78 is 9.88. The van der Waals surface area contributed by atoms with Gasteiger partial charge in [-0.1, -0.05) is 5.57 Å². The van der Waals surface area contributed by atoms with Crippen LogP contribution in [0.25, 0.3) is 6.08 Å². The largest absolute Gasteiger partial charge is 0.463 e. The number of furan rings is 1. The van der Waals surface area contributed by atoms with Crippen LogP contribution in [0.15, 0.2) is 22.1 Å². The highest BCUT2D eigenvalue weighted by Crippen LogP contribution is 2.14. The Bertz CT molecular complexity index is 393. The quantitative estimate of drug-likeness (QED) is 0.794. The maximum absolute atomic E-state index is 11.2. The molecule has 4 heteroatoms. The van der Waals surface area contributed by atoms with E-state index in [1.54, 1.807) is 12.1 Å². The van der Waals surface area contributed by atoms with Crippen molar-refractivity contribution in [2.75, 3.05) is 14.2 Å². The molecule has 0 aliphatic heterocycles. The fourth-order valence-corrected chi connectivity index (χ4v) is 1.22. The van der Waals surface area contributed by atoms with Gasteiger partial charge in [0.05, 0.1) is 7.11 Å². The lowest BCUT2D eigenvalue weighted by atomic mass is 10.1. The number of carbonyl (C=O) groups is 1. The highest BCUT2D eigenvalue weighted by Gasteiger charge is 2.10. The van der Waals surface area contributed by atoms with Crippen molar-refractivity contribution in [1.82, 2.24) is 5.32 Å². The zero-order chi connectivity index (χ0) is 12.1. The van der Waals surface area contributed by atoms with E-state index < -0.39 is 5.97 Å². The third-order valence-electron chi connectivity index (χ3n) is 2.50. The van der Waals surface area contributed by atoms with Crippen LogP contribution in [0.5, 0.6) is 0 Å². The summed E-state index contributed by atoms with van der Waals surface area (Å²) in [5.74, 6) is 0.414. The second-order valence-electron chi connectivity index (χ2n) is 3.59. The first kappa shape index (κ1) is 12.5. The van der Waals surface area contributed by atoms with Gasteiger partial charge in [0.2, 0.25) is 5.76 Å². The van der Waals surface area contributed by atoms with E-state index >= 15 is 0 Å². The molecule has 1 unspecified atom stereocenters. The van der Waals surface area contributed by atoms with Crippen LogP contribution in [-0.4, -0.2) is 26.2 Å². The molecule has 1 heterocycles. The van der Waals surface area contributed by atoms with Crippen molar-refractivity contribution in [3.8, 4) is 0 Å². The molecule has 0 saturated carbocycles. The Kier molecular flexibility index (Phi) is 4.31. The molecule has 0 spiro atoms. The average molecular weight is 223 g/mol. The third-order valence-corrected chi connectivity index (χ3v) is 2.50. The molecule has 1 aromatic heterocycles. The van der Waals surface area contributed by atoms with Gasteiger partial charge in [0.25, 0.3) is 0 Å². The summed E-state index contributed by atoms with van der Waals surface area (Å²) in [5, 5.41) is 3.12. The Morgan fingerprint density at radius 2 is 2.25 bits per heavy atom. The van der Waals surface area contributed by atoms with Crippen molar-refractivity contribution in [1.29, 1.82) is 0 Å². The first-order valence-electron chi connectivity index (χ1n) is 5.12. The van der Waals surface area contributed by atoms with Crippen LogP contribution in [0.3, 0.4) is 0 Å². The Hall–Kier alpha value is -1.55. The van der Waals surface area contributed by atoms with Gasteiger partial charge in [0.1, 0.15) is 5.76 Å². The monoisotopic (exact) mass is 223 g/mol. The molecule has 0 fully saturated rings. The van der Waals surface area contributed by atoms with E-state index in [-0.39, 0.29) is 11.8 Å². The third kappa shape index (κ3) is 2.97. The number of esters is 1. The normalized spacial score (nSPS) is 13.6. The first-order chi connectivity index (χ1) is 7.58. The standard InChI is InChI=1S/C12H17NO3/c1-8(9(2)13-3)7-10-5-6-11(16-10)12(14)15-4/h5-7,9,13H,1-4H3/b8-7+. The minimum Gasteiger partial charge on any atom is -0.463 e. The Balaban J connectivity index is 2.83. The number of methoxy groups -OCH3 is 1. The van der Waals surface area contributed by atoms with Gasteiger partial charge in [0.15, 0.2) is 0 Å². The summed E-state index contributed by atoms with van der Waals surface area (Å²) in [5.41, 5.74) is 1.13. The lowest BCUT2D eigenvalue weighted by Gasteiger charge is -2.09. The SMILES string of the molecule is CNC(C)/C(C)=C/c1ccc(C(=O)OC)o1. The summed E-state index contributed by atoms with van der Waals surface area (Å²) in [6.07, 6.45) is 1.90. The number of carbonyl (C=O) groups excluding carboxylic acids is 1. The molecule has 4 nitrogen and oxygen atoms in total. The van der Waals surface area contributed by atoms with Crippen molar-refractivity contribution in [3.63, 3.8) is 0 Å². The highest BCUT2D eigenvalue weighted by atomic mass is 16.5. The van der Waals surface area contributed by atoms with Crippen LogP contribution >= 0.6 is 0 Å². The summed E-state index contributed by atoms with van der Waals surface area (Å²) in [4.78, 5) is 11.2. The van der Waals surface area contributed by atoms with Crippen molar-refractivity contribution in [2.24, 2.45) is 0 Å². The number of hydrogen-bond donors (Lipinski definition) is 1.